The first-order valence-corrected chi connectivity index (χ1v) is 9.09. The average molecular weight is 335 g/mol. The molecule has 4 saturated carbocycles. The van der Waals surface area contributed by atoms with Crippen molar-refractivity contribution in [1.82, 2.24) is 5.32 Å². The monoisotopic (exact) mass is 335 g/mol. The second-order valence-corrected chi connectivity index (χ2v) is 7.84. The number of amides is 1. The number of esters is 1. The Labute approximate surface area is 144 Å². The molecule has 0 spiro atoms. The molecule has 134 valence electrons. The van der Waals surface area contributed by atoms with Gasteiger partial charge in [0, 0.05) is 32.6 Å². The van der Waals surface area contributed by atoms with Gasteiger partial charge in [0.25, 0.3) is 0 Å². The molecule has 0 radical (unpaired) electrons. The lowest BCUT2D eigenvalue weighted by Crippen LogP contribution is -2.63. The molecule has 0 unspecified atom stereocenters. The molecule has 0 aromatic heterocycles. The van der Waals surface area contributed by atoms with Crippen molar-refractivity contribution in [1.29, 1.82) is 0 Å². The van der Waals surface area contributed by atoms with Crippen LogP contribution in [0.3, 0.4) is 0 Å². The van der Waals surface area contributed by atoms with Gasteiger partial charge in [-0.05, 0) is 55.8 Å². The van der Waals surface area contributed by atoms with E-state index < -0.39 is 0 Å². The summed E-state index contributed by atoms with van der Waals surface area (Å²) in [7, 11) is 1.80. The molecule has 4 rings (SSSR count). The van der Waals surface area contributed by atoms with Crippen molar-refractivity contribution in [3.8, 4) is 0 Å². The van der Waals surface area contributed by atoms with E-state index in [4.69, 9.17) is 9.47 Å². The van der Waals surface area contributed by atoms with Crippen molar-refractivity contribution in [2.24, 2.45) is 23.7 Å². The molecule has 4 aliphatic carbocycles. The van der Waals surface area contributed by atoms with Gasteiger partial charge >= 0.3 is 5.97 Å². The van der Waals surface area contributed by atoms with Crippen LogP contribution in [-0.2, 0) is 19.1 Å². The molecule has 0 saturated heterocycles. The maximum Gasteiger partial charge on any atom is 0.302 e. The fraction of sp³-hybridized carbons (Fsp3) is 0.789. The third kappa shape index (κ3) is 3.23. The van der Waals surface area contributed by atoms with Gasteiger partial charge in [0.15, 0.2) is 0 Å². The van der Waals surface area contributed by atoms with Crippen LogP contribution in [0.1, 0.15) is 45.4 Å². The van der Waals surface area contributed by atoms with E-state index in [0.29, 0.717) is 30.4 Å². The fourth-order valence-corrected chi connectivity index (χ4v) is 5.45. The van der Waals surface area contributed by atoms with Crippen molar-refractivity contribution in [2.45, 2.75) is 51.0 Å². The molecule has 1 N–H and O–H groups in total. The van der Waals surface area contributed by atoms with E-state index in [-0.39, 0.29) is 24.1 Å². The highest BCUT2D eigenvalue weighted by Gasteiger charge is 2.57. The summed E-state index contributed by atoms with van der Waals surface area (Å²) in [5.74, 6) is 2.36. The summed E-state index contributed by atoms with van der Waals surface area (Å²) in [4.78, 5) is 23.1. The van der Waals surface area contributed by atoms with Gasteiger partial charge in [0.1, 0.15) is 0 Å². The average Bonchev–Trinajstić information content (AvgIpc) is 2.53. The fourth-order valence-electron chi connectivity index (χ4n) is 5.45. The Morgan fingerprint density at radius 2 is 1.71 bits per heavy atom. The number of carbonyl (C=O) groups is 2. The van der Waals surface area contributed by atoms with Crippen LogP contribution in [0.5, 0.6) is 0 Å². The zero-order chi connectivity index (χ0) is 17.3. The Balaban J connectivity index is 1.55. The van der Waals surface area contributed by atoms with Crippen LogP contribution in [-0.4, -0.2) is 37.7 Å². The molecule has 5 heteroatoms. The highest BCUT2D eigenvalue weighted by molar-refractivity contribution is 5.92. The Morgan fingerprint density at radius 1 is 1.12 bits per heavy atom. The normalized spacial score (nSPS) is 36.4. The lowest BCUT2D eigenvalue weighted by molar-refractivity contribution is -0.188. The maximum absolute atomic E-state index is 12.3. The topological polar surface area (TPSA) is 64.6 Å². The van der Waals surface area contributed by atoms with E-state index in [2.05, 4.69) is 11.9 Å². The molecular formula is C19H29NO4. The Hall–Kier alpha value is -1.36. The summed E-state index contributed by atoms with van der Waals surface area (Å²) in [5.41, 5.74) is 0.241. The summed E-state index contributed by atoms with van der Waals surface area (Å²) in [6.45, 7) is 5.93. The van der Waals surface area contributed by atoms with Crippen molar-refractivity contribution < 1.29 is 19.1 Å². The quantitative estimate of drug-likeness (QED) is 0.573. The van der Waals surface area contributed by atoms with Gasteiger partial charge in [-0.25, -0.2) is 0 Å². The van der Waals surface area contributed by atoms with Crippen LogP contribution in [0.2, 0.25) is 0 Å². The van der Waals surface area contributed by atoms with Crippen LogP contribution in [0.4, 0.5) is 0 Å². The summed E-state index contributed by atoms with van der Waals surface area (Å²) < 4.78 is 10.9. The van der Waals surface area contributed by atoms with Crippen LogP contribution in [0.25, 0.3) is 0 Å². The zero-order valence-electron chi connectivity index (χ0n) is 14.8. The Morgan fingerprint density at radius 3 is 2.21 bits per heavy atom. The number of nitrogens with one attached hydrogen (secondary N) is 1. The summed E-state index contributed by atoms with van der Waals surface area (Å²) in [5, 5.41) is 3.04. The molecule has 0 aromatic carbocycles. The Bertz CT molecular complexity index is 499. The number of ether oxygens (including phenoxy) is 2. The lowest BCUT2D eigenvalue weighted by Gasteiger charge is -2.60. The van der Waals surface area contributed by atoms with E-state index in [0.717, 1.165) is 11.8 Å². The van der Waals surface area contributed by atoms with Crippen LogP contribution < -0.4 is 5.32 Å². The highest BCUT2D eigenvalue weighted by Crippen LogP contribution is 2.59. The zero-order valence-corrected chi connectivity index (χ0v) is 14.8. The molecule has 1 amide bonds. The molecular weight excluding hydrogens is 306 g/mol. The predicted molar refractivity (Wildman–Crippen MR) is 90.2 cm³/mol. The number of hydrogen-bond acceptors (Lipinski definition) is 4. The second kappa shape index (κ2) is 6.87. The smallest absolute Gasteiger partial charge is 0.302 e. The molecule has 0 atom stereocenters. The van der Waals surface area contributed by atoms with Crippen molar-refractivity contribution in [2.75, 3.05) is 20.3 Å². The first-order valence-electron chi connectivity index (χ1n) is 9.09. The minimum atomic E-state index is -0.338. The minimum Gasteiger partial charge on any atom is -0.466 e. The largest absolute Gasteiger partial charge is 0.466 e. The van der Waals surface area contributed by atoms with Crippen LogP contribution in [0.15, 0.2) is 12.2 Å². The van der Waals surface area contributed by atoms with E-state index in [9.17, 15) is 9.59 Å². The molecule has 0 aromatic rings. The van der Waals surface area contributed by atoms with Gasteiger partial charge in [0.2, 0.25) is 5.91 Å². The van der Waals surface area contributed by atoms with E-state index >= 15 is 0 Å². The van der Waals surface area contributed by atoms with Gasteiger partial charge in [0.05, 0.1) is 12.2 Å². The molecule has 4 aliphatic rings. The molecule has 4 bridgehead atoms. The molecule has 5 nitrogen and oxygen atoms in total. The first-order chi connectivity index (χ1) is 11.4. The number of rotatable bonds is 7. The molecule has 0 heterocycles. The third-order valence-corrected chi connectivity index (χ3v) is 6.46. The number of methoxy groups -OCH3 is 1. The lowest BCUT2D eigenvalue weighted by atomic mass is 9.49. The highest BCUT2D eigenvalue weighted by atomic mass is 16.5. The van der Waals surface area contributed by atoms with Gasteiger partial charge in [-0.15, -0.1) is 0 Å². The standard InChI is InChI=1S/C19H29NO4/c1-12(4-5-24-13(2)21)18(22)20-11-19(23-3)16-7-14-6-15(9-16)10-17(19)8-14/h14-17H,1,4-11H2,2-3H3,(H,20,22). The molecule has 4 fully saturated rings. The van der Waals surface area contributed by atoms with E-state index in [1.807, 2.05) is 0 Å². The van der Waals surface area contributed by atoms with Crippen LogP contribution in [0, 0.1) is 23.7 Å². The predicted octanol–water partition coefficient (Wildman–Crippen LogP) is 2.45. The van der Waals surface area contributed by atoms with E-state index in [1.54, 1.807) is 7.11 Å². The summed E-state index contributed by atoms with van der Waals surface area (Å²) >= 11 is 0. The second-order valence-electron chi connectivity index (χ2n) is 7.84. The Kier molecular flexibility index (Phi) is 5.00. The summed E-state index contributed by atoms with van der Waals surface area (Å²) in [6.07, 6.45) is 6.72. The van der Waals surface area contributed by atoms with E-state index in [1.165, 1.54) is 39.0 Å². The third-order valence-electron chi connectivity index (χ3n) is 6.46. The van der Waals surface area contributed by atoms with Crippen molar-refractivity contribution >= 4 is 11.9 Å². The SMILES string of the molecule is C=C(CCOC(C)=O)C(=O)NCC1(OC)C2CC3CC(C2)CC1C3. The number of hydrogen-bond donors (Lipinski definition) is 1. The van der Waals surface area contributed by atoms with Crippen LogP contribution >= 0.6 is 0 Å². The minimum absolute atomic E-state index is 0.160. The van der Waals surface area contributed by atoms with Gasteiger partial charge in [-0.1, -0.05) is 6.58 Å². The summed E-state index contributed by atoms with van der Waals surface area (Å²) in [6, 6.07) is 0. The van der Waals surface area contributed by atoms with Gasteiger partial charge < -0.3 is 14.8 Å². The molecule has 24 heavy (non-hydrogen) atoms. The first kappa shape index (κ1) is 17.5. The van der Waals surface area contributed by atoms with Gasteiger partial charge in [-0.3, -0.25) is 9.59 Å². The van der Waals surface area contributed by atoms with Gasteiger partial charge in [-0.2, -0.15) is 0 Å². The molecule has 0 aliphatic heterocycles. The van der Waals surface area contributed by atoms with Crippen molar-refractivity contribution in [3.05, 3.63) is 12.2 Å². The number of carbonyl (C=O) groups excluding carboxylic acids is 2. The maximum atomic E-state index is 12.3. The van der Waals surface area contributed by atoms with Crippen molar-refractivity contribution in [3.63, 3.8) is 0 Å².